The van der Waals surface area contributed by atoms with Crippen molar-refractivity contribution in [3.63, 3.8) is 0 Å². The van der Waals surface area contributed by atoms with Crippen molar-refractivity contribution in [1.82, 2.24) is 15.1 Å². The summed E-state index contributed by atoms with van der Waals surface area (Å²) in [5.74, 6) is 0.307. The van der Waals surface area contributed by atoms with Gasteiger partial charge in [-0.3, -0.25) is 14.5 Å². The standard InChI is InChI=1S/C25H29Cl2N3O2/c26-21-8-6-19(7-9-21)17-29-13-10-18(11-14-29)16-28-24(31)23-5-2-12-30(23)25(32)20-3-1-4-22(27)15-20/h1,3-4,6-9,15,18,23H,2,5,10-14,16-17H2,(H,28,31). The van der Waals surface area contributed by atoms with Crippen LogP contribution in [0.15, 0.2) is 48.5 Å². The first kappa shape index (κ1) is 23.1. The zero-order valence-corrected chi connectivity index (χ0v) is 19.6. The normalized spacial score (nSPS) is 19.8. The smallest absolute Gasteiger partial charge is 0.254 e. The van der Waals surface area contributed by atoms with Gasteiger partial charge in [-0.25, -0.2) is 0 Å². The van der Waals surface area contributed by atoms with E-state index in [0.29, 0.717) is 36.0 Å². The number of amides is 2. The van der Waals surface area contributed by atoms with Crippen LogP contribution < -0.4 is 5.32 Å². The predicted molar refractivity (Wildman–Crippen MR) is 128 cm³/mol. The van der Waals surface area contributed by atoms with Gasteiger partial charge in [-0.1, -0.05) is 41.4 Å². The van der Waals surface area contributed by atoms with Gasteiger partial charge in [0.2, 0.25) is 5.91 Å². The Kier molecular flexibility index (Phi) is 7.71. The topological polar surface area (TPSA) is 52.7 Å². The molecule has 170 valence electrons. The highest BCUT2D eigenvalue weighted by Gasteiger charge is 2.34. The molecule has 0 spiro atoms. The van der Waals surface area contributed by atoms with Crippen molar-refractivity contribution in [1.29, 1.82) is 0 Å². The number of rotatable bonds is 6. The van der Waals surface area contributed by atoms with Crippen molar-refractivity contribution >= 4 is 35.0 Å². The van der Waals surface area contributed by atoms with Crippen molar-refractivity contribution in [3.8, 4) is 0 Å². The predicted octanol–water partition coefficient (Wildman–Crippen LogP) is 4.63. The lowest BCUT2D eigenvalue weighted by Gasteiger charge is -2.32. The van der Waals surface area contributed by atoms with E-state index in [4.69, 9.17) is 23.2 Å². The fraction of sp³-hybridized carbons (Fsp3) is 0.440. The molecule has 1 atom stereocenters. The molecule has 7 heteroatoms. The highest BCUT2D eigenvalue weighted by atomic mass is 35.5. The molecule has 0 bridgehead atoms. The van der Waals surface area contributed by atoms with Crippen LogP contribution in [0.5, 0.6) is 0 Å². The molecule has 4 rings (SSSR count). The minimum atomic E-state index is -0.397. The summed E-state index contributed by atoms with van der Waals surface area (Å²) in [6, 6.07) is 14.5. The van der Waals surface area contributed by atoms with Crippen LogP contribution >= 0.6 is 23.2 Å². The maximum absolute atomic E-state index is 12.9. The molecule has 2 fully saturated rings. The summed E-state index contributed by atoms with van der Waals surface area (Å²) >= 11 is 12.0. The van der Waals surface area contributed by atoms with Gasteiger partial charge in [0.1, 0.15) is 6.04 Å². The summed E-state index contributed by atoms with van der Waals surface area (Å²) in [5, 5.41) is 4.41. The van der Waals surface area contributed by atoms with E-state index in [1.807, 2.05) is 12.1 Å². The molecular weight excluding hydrogens is 445 g/mol. The molecule has 0 aromatic heterocycles. The summed E-state index contributed by atoms with van der Waals surface area (Å²) in [6.45, 7) is 4.24. The van der Waals surface area contributed by atoms with E-state index in [1.165, 1.54) is 5.56 Å². The lowest BCUT2D eigenvalue weighted by Crippen LogP contribution is -2.47. The van der Waals surface area contributed by atoms with E-state index in [2.05, 4.69) is 22.3 Å². The third kappa shape index (κ3) is 5.83. The summed E-state index contributed by atoms with van der Waals surface area (Å²) in [7, 11) is 0. The average molecular weight is 474 g/mol. The Morgan fingerprint density at radius 1 is 0.938 bits per heavy atom. The average Bonchev–Trinajstić information content (AvgIpc) is 3.29. The molecular formula is C25H29Cl2N3O2. The quantitative estimate of drug-likeness (QED) is 0.665. The molecule has 2 aromatic rings. The lowest BCUT2D eigenvalue weighted by atomic mass is 9.96. The number of nitrogens with zero attached hydrogens (tertiary/aromatic N) is 2. The molecule has 2 saturated heterocycles. The second kappa shape index (κ2) is 10.7. The molecule has 1 N–H and O–H groups in total. The molecule has 1 unspecified atom stereocenters. The fourth-order valence-electron chi connectivity index (χ4n) is 4.63. The second-order valence-corrected chi connectivity index (χ2v) is 9.63. The Morgan fingerprint density at radius 2 is 1.69 bits per heavy atom. The van der Waals surface area contributed by atoms with Crippen molar-refractivity contribution in [3.05, 3.63) is 69.7 Å². The van der Waals surface area contributed by atoms with Crippen molar-refractivity contribution in [2.75, 3.05) is 26.2 Å². The first-order valence-corrected chi connectivity index (χ1v) is 12.1. The number of carbonyl (C=O) groups excluding carboxylic acids is 2. The lowest BCUT2D eigenvalue weighted by molar-refractivity contribution is -0.125. The number of carbonyl (C=O) groups is 2. The molecule has 2 aliphatic heterocycles. The van der Waals surface area contributed by atoms with Gasteiger partial charge in [-0.05, 0) is 80.6 Å². The van der Waals surface area contributed by atoms with Crippen molar-refractivity contribution in [2.24, 2.45) is 5.92 Å². The van der Waals surface area contributed by atoms with E-state index < -0.39 is 6.04 Å². The number of halogens is 2. The largest absolute Gasteiger partial charge is 0.354 e. The minimum absolute atomic E-state index is 0.0403. The molecule has 2 amide bonds. The zero-order chi connectivity index (χ0) is 22.5. The number of nitrogens with one attached hydrogen (secondary N) is 1. The van der Waals surface area contributed by atoms with Gasteiger partial charge in [-0.2, -0.15) is 0 Å². The highest BCUT2D eigenvalue weighted by molar-refractivity contribution is 6.31. The molecule has 0 radical (unpaired) electrons. The number of likely N-dealkylation sites (tertiary alicyclic amines) is 2. The minimum Gasteiger partial charge on any atom is -0.354 e. The van der Waals surface area contributed by atoms with Crippen LogP contribution in [0.2, 0.25) is 10.0 Å². The molecule has 2 aromatic carbocycles. The summed E-state index contributed by atoms with van der Waals surface area (Å²) in [5.41, 5.74) is 1.80. The summed E-state index contributed by atoms with van der Waals surface area (Å²) in [6.07, 6.45) is 3.67. The molecule has 32 heavy (non-hydrogen) atoms. The Balaban J connectivity index is 1.24. The first-order valence-electron chi connectivity index (χ1n) is 11.3. The number of hydrogen-bond acceptors (Lipinski definition) is 3. The Hall–Kier alpha value is -2.08. The van der Waals surface area contributed by atoms with Crippen LogP contribution in [-0.4, -0.2) is 53.8 Å². The monoisotopic (exact) mass is 473 g/mol. The Bertz CT molecular complexity index is 942. The van der Waals surface area contributed by atoms with Crippen LogP contribution in [-0.2, 0) is 11.3 Å². The third-order valence-electron chi connectivity index (χ3n) is 6.48. The van der Waals surface area contributed by atoms with E-state index in [1.54, 1.807) is 29.2 Å². The van der Waals surface area contributed by atoms with Crippen LogP contribution in [0.4, 0.5) is 0 Å². The van der Waals surface area contributed by atoms with Crippen LogP contribution in [0.3, 0.4) is 0 Å². The molecule has 0 aliphatic carbocycles. The fourth-order valence-corrected chi connectivity index (χ4v) is 4.95. The summed E-state index contributed by atoms with van der Waals surface area (Å²) < 4.78 is 0. The molecule has 0 saturated carbocycles. The Morgan fingerprint density at radius 3 is 2.41 bits per heavy atom. The van der Waals surface area contributed by atoms with Crippen LogP contribution in [0.25, 0.3) is 0 Å². The van der Waals surface area contributed by atoms with Gasteiger partial charge in [0.25, 0.3) is 5.91 Å². The number of benzene rings is 2. The van der Waals surface area contributed by atoms with E-state index >= 15 is 0 Å². The number of piperidine rings is 1. The van der Waals surface area contributed by atoms with Crippen LogP contribution in [0.1, 0.15) is 41.6 Å². The maximum Gasteiger partial charge on any atom is 0.254 e. The third-order valence-corrected chi connectivity index (χ3v) is 6.97. The molecule has 2 aliphatic rings. The van der Waals surface area contributed by atoms with Gasteiger partial charge in [0.05, 0.1) is 0 Å². The Labute approximate surface area is 199 Å². The van der Waals surface area contributed by atoms with E-state index in [-0.39, 0.29) is 11.8 Å². The van der Waals surface area contributed by atoms with Gasteiger partial charge in [0, 0.05) is 35.2 Å². The van der Waals surface area contributed by atoms with Crippen LogP contribution in [0, 0.1) is 5.92 Å². The first-order chi connectivity index (χ1) is 15.5. The van der Waals surface area contributed by atoms with E-state index in [9.17, 15) is 9.59 Å². The van der Waals surface area contributed by atoms with E-state index in [0.717, 1.165) is 43.9 Å². The highest BCUT2D eigenvalue weighted by Crippen LogP contribution is 2.23. The van der Waals surface area contributed by atoms with Gasteiger partial charge in [0.15, 0.2) is 0 Å². The maximum atomic E-state index is 12.9. The zero-order valence-electron chi connectivity index (χ0n) is 18.1. The van der Waals surface area contributed by atoms with Crippen molar-refractivity contribution < 1.29 is 9.59 Å². The van der Waals surface area contributed by atoms with Gasteiger partial charge >= 0.3 is 0 Å². The SMILES string of the molecule is O=C(NCC1CCN(Cc2ccc(Cl)cc2)CC1)C1CCCN1C(=O)c1cccc(Cl)c1. The molecule has 2 heterocycles. The van der Waals surface area contributed by atoms with Gasteiger partial charge < -0.3 is 10.2 Å². The molecule has 5 nitrogen and oxygen atoms in total. The van der Waals surface area contributed by atoms with Crippen molar-refractivity contribution in [2.45, 2.75) is 38.3 Å². The number of hydrogen-bond donors (Lipinski definition) is 1. The second-order valence-electron chi connectivity index (χ2n) is 8.76. The summed E-state index contributed by atoms with van der Waals surface area (Å²) in [4.78, 5) is 29.9. The van der Waals surface area contributed by atoms with Gasteiger partial charge in [-0.15, -0.1) is 0 Å².